The molecule has 0 saturated carbocycles. The molecular weight excluding hydrogens is 387 g/mol. The highest BCUT2D eigenvalue weighted by Crippen LogP contribution is 2.44. The smallest absolute Gasteiger partial charge is 0.390 e. The lowest BCUT2D eigenvalue weighted by Crippen LogP contribution is -2.33. The van der Waals surface area contributed by atoms with Gasteiger partial charge in [0, 0.05) is 5.56 Å². The van der Waals surface area contributed by atoms with Gasteiger partial charge in [-0.05, 0) is 19.4 Å². The van der Waals surface area contributed by atoms with Crippen LogP contribution in [0.3, 0.4) is 0 Å². The normalized spacial score (nSPS) is 13.9. The fourth-order valence-electron chi connectivity index (χ4n) is 2.88. The SMILES string of the molecule is Cc1nc2c(c(CO)nn2C(C)c2ccc(C(F)(F)C(F)(F)F)cc2)c(=O)[nH]1. The van der Waals surface area contributed by atoms with Gasteiger partial charge in [-0.1, -0.05) is 24.3 Å². The Kier molecular flexibility index (Phi) is 4.74. The van der Waals surface area contributed by atoms with Crippen LogP contribution in [-0.4, -0.2) is 31.0 Å². The topological polar surface area (TPSA) is 83.8 Å². The average Bonchev–Trinajstić information content (AvgIpc) is 2.99. The quantitative estimate of drug-likeness (QED) is 0.657. The van der Waals surface area contributed by atoms with Crippen LogP contribution in [0.2, 0.25) is 0 Å². The highest BCUT2D eigenvalue weighted by Gasteiger charge is 2.58. The highest BCUT2D eigenvalue weighted by molar-refractivity contribution is 5.77. The number of rotatable bonds is 4. The lowest BCUT2D eigenvalue weighted by molar-refractivity contribution is -0.289. The number of alkyl halides is 5. The Morgan fingerprint density at radius 3 is 2.32 bits per heavy atom. The second kappa shape index (κ2) is 6.66. The van der Waals surface area contributed by atoms with E-state index in [9.17, 15) is 31.9 Å². The first-order chi connectivity index (χ1) is 13.0. The minimum absolute atomic E-state index is 0.0795. The summed E-state index contributed by atoms with van der Waals surface area (Å²) in [6.07, 6.45) is -5.70. The maximum atomic E-state index is 13.4. The van der Waals surface area contributed by atoms with E-state index in [-0.39, 0.29) is 16.7 Å². The second-order valence-corrected chi connectivity index (χ2v) is 6.27. The number of hydrogen-bond acceptors (Lipinski definition) is 4. The summed E-state index contributed by atoms with van der Waals surface area (Å²) in [6, 6.07) is 3.01. The predicted octanol–water partition coefficient (Wildman–Crippen LogP) is 3.18. The molecule has 3 aromatic rings. The number of nitrogens with zero attached hydrogens (tertiary/aromatic N) is 3. The third-order valence-corrected chi connectivity index (χ3v) is 4.38. The zero-order valence-corrected chi connectivity index (χ0v) is 14.7. The van der Waals surface area contributed by atoms with Crippen molar-refractivity contribution in [2.75, 3.05) is 0 Å². The van der Waals surface area contributed by atoms with Crippen LogP contribution in [-0.2, 0) is 12.5 Å². The molecule has 1 atom stereocenters. The van der Waals surface area contributed by atoms with Crippen molar-refractivity contribution < 1.29 is 27.1 Å². The third kappa shape index (κ3) is 3.15. The standard InChI is InChI=1S/C17H15F5N4O2/c1-8(10-3-5-11(6-4-10)16(18,19)17(20,21)22)26-14-13(12(7-27)25-26)15(28)24-9(2)23-14/h3-6,8,27H,7H2,1-2H3,(H,23,24,28). The number of benzene rings is 1. The van der Waals surface area contributed by atoms with Crippen molar-refractivity contribution in [1.29, 1.82) is 0 Å². The number of aromatic amines is 1. The summed E-state index contributed by atoms with van der Waals surface area (Å²) in [4.78, 5) is 18.9. The first-order valence-electron chi connectivity index (χ1n) is 8.11. The van der Waals surface area contributed by atoms with Crippen LogP contribution in [0, 0.1) is 6.92 Å². The van der Waals surface area contributed by atoms with Crippen molar-refractivity contribution in [3.05, 3.63) is 57.3 Å². The van der Waals surface area contributed by atoms with Crippen molar-refractivity contribution in [2.45, 2.75) is 38.6 Å². The monoisotopic (exact) mass is 402 g/mol. The summed E-state index contributed by atoms with van der Waals surface area (Å²) >= 11 is 0. The lowest BCUT2D eigenvalue weighted by atomic mass is 10.0. The Hall–Kier alpha value is -2.82. The molecule has 6 nitrogen and oxygen atoms in total. The molecule has 28 heavy (non-hydrogen) atoms. The molecule has 150 valence electrons. The molecule has 0 radical (unpaired) electrons. The van der Waals surface area contributed by atoms with Crippen LogP contribution in [0.5, 0.6) is 0 Å². The van der Waals surface area contributed by atoms with Gasteiger partial charge in [-0.15, -0.1) is 0 Å². The number of nitrogens with one attached hydrogen (secondary N) is 1. The molecule has 2 N–H and O–H groups in total. The van der Waals surface area contributed by atoms with E-state index in [1.165, 1.54) is 4.68 Å². The summed E-state index contributed by atoms with van der Waals surface area (Å²) in [6.45, 7) is 2.64. The molecule has 3 rings (SSSR count). The van der Waals surface area contributed by atoms with E-state index in [2.05, 4.69) is 15.1 Å². The maximum absolute atomic E-state index is 13.4. The van der Waals surface area contributed by atoms with Gasteiger partial charge < -0.3 is 10.1 Å². The van der Waals surface area contributed by atoms with Crippen LogP contribution in [0.25, 0.3) is 11.0 Å². The number of H-pyrrole nitrogens is 1. The molecule has 2 heterocycles. The molecule has 0 spiro atoms. The van der Waals surface area contributed by atoms with E-state index in [1.54, 1.807) is 13.8 Å². The summed E-state index contributed by atoms with van der Waals surface area (Å²) < 4.78 is 65.7. The predicted molar refractivity (Wildman–Crippen MR) is 89.0 cm³/mol. The molecule has 1 unspecified atom stereocenters. The molecule has 0 aliphatic carbocycles. The van der Waals surface area contributed by atoms with Gasteiger partial charge in [0.25, 0.3) is 5.56 Å². The van der Waals surface area contributed by atoms with Crippen LogP contribution >= 0.6 is 0 Å². The van der Waals surface area contributed by atoms with Crippen molar-refractivity contribution in [2.24, 2.45) is 0 Å². The van der Waals surface area contributed by atoms with Gasteiger partial charge >= 0.3 is 12.1 Å². The van der Waals surface area contributed by atoms with Crippen LogP contribution < -0.4 is 5.56 Å². The minimum Gasteiger partial charge on any atom is -0.390 e. The highest BCUT2D eigenvalue weighted by atomic mass is 19.4. The largest absolute Gasteiger partial charge is 0.458 e. The number of aromatic nitrogens is 4. The van der Waals surface area contributed by atoms with E-state index in [1.807, 2.05) is 0 Å². The van der Waals surface area contributed by atoms with E-state index in [0.717, 1.165) is 12.1 Å². The molecule has 0 saturated heterocycles. The molecule has 0 amide bonds. The van der Waals surface area contributed by atoms with Crippen molar-refractivity contribution in [1.82, 2.24) is 19.7 Å². The number of hydrogen-bond donors (Lipinski definition) is 2. The fraction of sp³-hybridized carbons (Fsp3) is 0.353. The average molecular weight is 402 g/mol. The first kappa shape index (κ1) is 19.9. The zero-order valence-electron chi connectivity index (χ0n) is 14.7. The lowest BCUT2D eigenvalue weighted by Gasteiger charge is -2.21. The molecule has 0 fully saturated rings. The number of aliphatic hydroxyl groups is 1. The molecule has 0 bridgehead atoms. The van der Waals surface area contributed by atoms with Gasteiger partial charge in [0.15, 0.2) is 5.65 Å². The Balaban J connectivity index is 2.06. The fourth-order valence-corrected chi connectivity index (χ4v) is 2.88. The molecular formula is C17H15F5N4O2. The second-order valence-electron chi connectivity index (χ2n) is 6.27. The van der Waals surface area contributed by atoms with E-state index >= 15 is 0 Å². The summed E-state index contributed by atoms with van der Waals surface area (Å²) in [5, 5.41) is 13.7. The number of aliphatic hydroxyl groups excluding tert-OH is 1. The Morgan fingerprint density at radius 2 is 1.79 bits per heavy atom. The van der Waals surface area contributed by atoms with E-state index < -0.39 is 35.9 Å². The van der Waals surface area contributed by atoms with Crippen molar-refractivity contribution in [3.63, 3.8) is 0 Å². The van der Waals surface area contributed by atoms with Crippen molar-refractivity contribution in [3.8, 4) is 0 Å². The molecule has 2 aromatic heterocycles. The van der Waals surface area contributed by atoms with E-state index in [4.69, 9.17) is 0 Å². The molecule has 11 heteroatoms. The first-order valence-corrected chi connectivity index (χ1v) is 8.11. The van der Waals surface area contributed by atoms with Crippen molar-refractivity contribution >= 4 is 11.0 Å². The third-order valence-electron chi connectivity index (χ3n) is 4.38. The van der Waals surface area contributed by atoms with Crippen LogP contribution in [0.4, 0.5) is 22.0 Å². The number of aryl methyl sites for hydroxylation is 1. The molecule has 0 aliphatic heterocycles. The number of fused-ring (bicyclic) bond motifs is 1. The zero-order chi connectivity index (χ0) is 20.9. The van der Waals surface area contributed by atoms with Gasteiger partial charge in [-0.3, -0.25) is 4.79 Å². The summed E-state index contributed by atoms with van der Waals surface area (Å²) in [5.74, 6) is -4.67. The summed E-state index contributed by atoms with van der Waals surface area (Å²) in [7, 11) is 0. The Morgan fingerprint density at radius 1 is 1.18 bits per heavy atom. The van der Waals surface area contributed by atoms with Gasteiger partial charge in [0.2, 0.25) is 0 Å². The molecule has 1 aromatic carbocycles. The van der Waals surface area contributed by atoms with Gasteiger partial charge in [-0.25, -0.2) is 9.67 Å². The maximum Gasteiger partial charge on any atom is 0.458 e. The van der Waals surface area contributed by atoms with Gasteiger partial charge in [-0.2, -0.15) is 27.1 Å². The number of halogens is 5. The van der Waals surface area contributed by atoms with Gasteiger partial charge in [0.05, 0.1) is 12.6 Å². The molecule has 0 aliphatic rings. The Labute approximate surface area is 154 Å². The Bertz CT molecular complexity index is 1070. The van der Waals surface area contributed by atoms with E-state index in [0.29, 0.717) is 23.5 Å². The van der Waals surface area contributed by atoms with Gasteiger partial charge in [0.1, 0.15) is 16.9 Å². The summed E-state index contributed by atoms with van der Waals surface area (Å²) in [5.41, 5.74) is -1.05. The van der Waals surface area contributed by atoms with Crippen LogP contribution in [0.1, 0.15) is 35.6 Å². The minimum atomic E-state index is -5.70. The van der Waals surface area contributed by atoms with Crippen LogP contribution in [0.15, 0.2) is 29.1 Å².